The highest BCUT2D eigenvalue weighted by Gasteiger charge is 2.28. The van der Waals surface area contributed by atoms with Crippen LogP contribution in [0.25, 0.3) is 0 Å². The van der Waals surface area contributed by atoms with Crippen molar-refractivity contribution < 1.29 is 14.3 Å². The highest BCUT2D eigenvalue weighted by molar-refractivity contribution is 6.31. The predicted octanol–water partition coefficient (Wildman–Crippen LogP) is 3.29. The molecular weight excluding hydrogens is 328 g/mol. The number of hydrogen-bond donors (Lipinski definition) is 1. The number of fused-ring (bicyclic) bond motifs is 1. The molecule has 0 unspecified atom stereocenters. The van der Waals surface area contributed by atoms with E-state index in [1.807, 2.05) is 6.92 Å². The van der Waals surface area contributed by atoms with Gasteiger partial charge in [-0.05, 0) is 38.0 Å². The largest absolute Gasteiger partial charge is 0.487 e. The number of ether oxygens (including phenoxy) is 1. The van der Waals surface area contributed by atoms with Crippen LogP contribution in [0.15, 0.2) is 18.2 Å². The van der Waals surface area contributed by atoms with E-state index in [1.165, 1.54) is 12.8 Å². The van der Waals surface area contributed by atoms with Crippen LogP contribution in [0.4, 0.5) is 5.69 Å². The molecule has 6 heteroatoms. The van der Waals surface area contributed by atoms with Gasteiger partial charge >= 0.3 is 0 Å². The van der Waals surface area contributed by atoms with Crippen molar-refractivity contribution in [3.63, 3.8) is 0 Å². The van der Waals surface area contributed by atoms with Gasteiger partial charge in [0.15, 0.2) is 0 Å². The first-order chi connectivity index (χ1) is 11.5. The Labute approximate surface area is 147 Å². The van der Waals surface area contributed by atoms with Gasteiger partial charge in [-0.25, -0.2) is 0 Å². The average Bonchev–Trinajstić information content (AvgIpc) is 3.05. The fourth-order valence-corrected chi connectivity index (χ4v) is 3.54. The molecule has 1 aromatic carbocycles. The summed E-state index contributed by atoms with van der Waals surface area (Å²) in [5, 5.41) is 3.58. The van der Waals surface area contributed by atoms with Gasteiger partial charge in [0.25, 0.3) is 0 Å². The zero-order valence-electron chi connectivity index (χ0n) is 13.9. The molecule has 2 aliphatic rings. The summed E-state index contributed by atoms with van der Waals surface area (Å²) in [5.74, 6) is 0.542. The van der Waals surface area contributed by atoms with Gasteiger partial charge in [-0.2, -0.15) is 0 Å². The minimum Gasteiger partial charge on any atom is -0.487 e. The molecule has 0 aromatic heterocycles. The summed E-state index contributed by atoms with van der Waals surface area (Å²) < 4.78 is 5.75. The van der Waals surface area contributed by atoms with Gasteiger partial charge in [-0.3, -0.25) is 9.59 Å². The monoisotopic (exact) mass is 350 g/mol. The number of carbonyl (C=O) groups is 2. The zero-order chi connectivity index (χ0) is 17.1. The smallest absolute Gasteiger partial charge is 0.227 e. The second-order valence-corrected chi connectivity index (χ2v) is 7.03. The molecule has 1 saturated carbocycles. The fraction of sp³-hybridized carbons (Fsp3) is 0.556. The number of benzene rings is 1. The Morgan fingerprint density at radius 3 is 2.79 bits per heavy atom. The van der Waals surface area contributed by atoms with Crippen LogP contribution in [-0.4, -0.2) is 30.5 Å². The Balaban J connectivity index is 1.60. The third-order valence-corrected chi connectivity index (χ3v) is 4.80. The van der Waals surface area contributed by atoms with Gasteiger partial charge in [0, 0.05) is 23.9 Å². The normalized spacial score (nSPS) is 20.4. The number of anilines is 1. The van der Waals surface area contributed by atoms with Crippen LogP contribution >= 0.6 is 11.6 Å². The summed E-state index contributed by atoms with van der Waals surface area (Å²) in [7, 11) is 0. The second-order valence-electron chi connectivity index (χ2n) is 6.59. The van der Waals surface area contributed by atoms with Crippen LogP contribution in [0.1, 0.15) is 45.4 Å². The molecular formula is C18H23ClN2O3. The quantitative estimate of drug-likeness (QED) is 0.906. The first-order valence-electron chi connectivity index (χ1n) is 8.59. The number of halogens is 1. The number of nitrogens with one attached hydrogen (secondary N) is 1. The summed E-state index contributed by atoms with van der Waals surface area (Å²) in [6.45, 7) is 2.39. The number of carbonyl (C=O) groups excluding carboxylic acids is 2. The van der Waals surface area contributed by atoms with Crippen LogP contribution in [0.3, 0.4) is 0 Å². The first kappa shape index (κ1) is 17.1. The van der Waals surface area contributed by atoms with Crippen molar-refractivity contribution in [2.45, 2.75) is 57.6 Å². The lowest BCUT2D eigenvalue weighted by Gasteiger charge is -2.33. The molecule has 0 saturated heterocycles. The Kier molecular flexibility index (Phi) is 5.29. The lowest BCUT2D eigenvalue weighted by molar-refractivity contribution is -0.125. The first-order valence-corrected chi connectivity index (χ1v) is 8.96. The molecule has 1 aliphatic carbocycles. The SMILES string of the molecule is C[C@H]1CN(C(=O)CCC(=O)NC2CCCC2)c2cc(Cl)ccc2O1. The van der Waals surface area contributed by atoms with Crippen LogP contribution < -0.4 is 15.0 Å². The van der Waals surface area contributed by atoms with E-state index in [-0.39, 0.29) is 36.8 Å². The molecule has 0 bridgehead atoms. The minimum atomic E-state index is -0.0880. The Bertz CT molecular complexity index is 629. The van der Waals surface area contributed by atoms with E-state index in [2.05, 4.69) is 5.32 Å². The fourth-order valence-electron chi connectivity index (χ4n) is 3.37. The Morgan fingerprint density at radius 2 is 2.04 bits per heavy atom. The Hall–Kier alpha value is -1.75. The lowest BCUT2D eigenvalue weighted by Crippen LogP contribution is -2.43. The van der Waals surface area contributed by atoms with E-state index in [0.29, 0.717) is 23.0 Å². The Morgan fingerprint density at radius 1 is 1.29 bits per heavy atom. The van der Waals surface area contributed by atoms with E-state index in [4.69, 9.17) is 16.3 Å². The second kappa shape index (κ2) is 7.43. The summed E-state index contributed by atoms with van der Waals surface area (Å²) >= 11 is 6.05. The standard InChI is InChI=1S/C18H23ClN2O3/c1-12-11-21(15-10-13(19)6-7-16(15)24-12)18(23)9-8-17(22)20-14-4-2-3-5-14/h6-7,10,12,14H,2-5,8-9,11H2,1H3,(H,20,22)/t12-/m0/s1. The van der Waals surface area contributed by atoms with Crippen molar-refractivity contribution in [2.24, 2.45) is 0 Å². The summed E-state index contributed by atoms with van der Waals surface area (Å²) in [5.41, 5.74) is 0.682. The molecule has 2 amide bonds. The molecule has 0 spiro atoms. The van der Waals surface area contributed by atoms with Gasteiger partial charge in [-0.15, -0.1) is 0 Å². The molecule has 1 aliphatic heterocycles. The van der Waals surface area contributed by atoms with E-state index < -0.39 is 0 Å². The van der Waals surface area contributed by atoms with Crippen LogP contribution in [0.5, 0.6) is 5.75 Å². The lowest BCUT2D eigenvalue weighted by atomic mass is 10.1. The third kappa shape index (κ3) is 4.01. The molecule has 130 valence electrons. The molecule has 5 nitrogen and oxygen atoms in total. The van der Waals surface area contributed by atoms with E-state index >= 15 is 0 Å². The molecule has 1 atom stereocenters. The van der Waals surface area contributed by atoms with Crippen molar-refractivity contribution in [1.82, 2.24) is 5.32 Å². The highest BCUT2D eigenvalue weighted by atomic mass is 35.5. The predicted molar refractivity (Wildman–Crippen MR) is 93.5 cm³/mol. The molecule has 1 aromatic rings. The molecule has 1 heterocycles. The van der Waals surface area contributed by atoms with Crippen molar-refractivity contribution >= 4 is 29.1 Å². The van der Waals surface area contributed by atoms with E-state index in [0.717, 1.165) is 12.8 Å². The summed E-state index contributed by atoms with van der Waals surface area (Å²) in [6, 6.07) is 5.55. The van der Waals surface area contributed by atoms with Crippen LogP contribution in [0, 0.1) is 0 Å². The molecule has 24 heavy (non-hydrogen) atoms. The highest BCUT2D eigenvalue weighted by Crippen LogP contribution is 2.36. The topological polar surface area (TPSA) is 58.6 Å². The average molecular weight is 351 g/mol. The zero-order valence-corrected chi connectivity index (χ0v) is 14.6. The van der Waals surface area contributed by atoms with Gasteiger partial charge in [0.05, 0.1) is 12.2 Å². The number of nitrogens with zero attached hydrogens (tertiary/aromatic N) is 1. The van der Waals surface area contributed by atoms with Gasteiger partial charge in [0.2, 0.25) is 11.8 Å². The van der Waals surface area contributed by atoms with Gasteiger partial charge in [-0.1, -0.05) is 24.4 Å². The summed E-state index contributed by atoms with van der Waals surface area (Å²) in [6.07, 6.45) is 4.77. The van der Waals surface area contributed by atoms with Crippen LogP contribution in [-0.2, 0) is 9.59 Å². The number of rotatable bonds is 4. The molecule has 0 radical (unpaired) electrons. The molecule has 3 rings (SSSR count). The van der Waals surface area contributed by atoms with E-state index in [1.54, 1.807) is 23.1 Å². The summed E-state index contributed by atoms with van der Waals surface area (Å²) in [4.78, 5) is 26.3. The third-order valence-electron chi connectivity index (χ3n) is 4.57. The maximum Gasteiger partial charge on any atom is 0.227 e. The minimum absolute atomic E-state index is 0.0390. The maximum absolute atomic E-state index is 12.6. The van der Waals surface area contributed by atoms with Gasteiger partial charge in [0.1, 0.15) is 11.9 Å². The van der Waals surface area contributed by atoms with Crippen molar-refractivity contribution in [3.8, 4) is 5.75 Å². The molecule has 1 fully saturated rings. The van der Waals surface area contributed by atoms with Crippen molar-refractivity contribution in [1.29, 1.82) is 0 Å². The van der Waals surface area contributed by atoms with Gasteiger partial charge < -0.3 is 15.0 Å². The van der Waals surface area contributed by atoms with Crippen LogP contribution in [0.2, 0.25) is 5.02 Å². The maximum atomic E-state index is 12.6. The molecule has 1 N–H and O–H groups in total. The van der Waals surface area contributed by atoms with E-state index in [9.17, 15) is 9.59 Å². The number of amides is 2. The number of hydrogen-bond acceptors (Lipinski definition) is 3. The van der Waals surface area contributed by atoms with Crippen molar-refractivity contribution in [2.75, 3.05) is 11.4 Å². The van der Waals surface area contributed by atoms with Crippen molar-refractivity contribution in [3.05, 3.63) is 23.2 Å².